The number of methoxy groups -OCH3 is 1. The number of rotatable bonds is 7. The van der Waals surface area contributed by atoms with Crippen molar-refractivity contribution in [1.82, 2.24) is 20.1 Å². The fourth-order valence-corrected chi connectivity index (χ4v) is 2.76. The molecule has 1 N–H and O–H groups in total. The lowest BCUT2D eigenvalue weighted by Gasteiger charge is -2.11. The molecule has 0 aliphatic heterocycles. The molecular formula is C14H19FN4OS. The summed E-state index contributed by atoms with van der Waals surface area (Å²) in [6, 6.07) is 5.07. The molecule has 21 heavy (non-hydrogen) atoms. The molecule has 1 aromatic heterocycles. The number of ether oxygens (including phenoxy) is 1. The van der Waals surface area contributed by atoms with Crippen molar-refractivity contribution in [3.63, 3.8) is 0 Å². The number of halogens is 1. The van der Waals surface area contributed by atoms with Crippen LogP contribution < -0.4 is 5.32 Å². The van der Waals surface area contributed by atoms with Crippen LogP contribution in [0.3, 0.4) is 0 Å². The molecule has 1 aromatic carbocycles. The predicted octanol–water partition coefficient (Wildman–Crippen LogP) is 2.15. The van der Waals surface area contributed by atoms with Crippen molar-refractivity contribution in [1.29, 1.82) is 0 Å². The fraction of sp³-hybridized carbons (Fsp3) is 0.429. The fourth-order valence-electron chi connectivity index (χ4n) is 1.77. The van der Waals surface area contributed by atoms with Crippen LogP contribution >= 0.6 is 11.8 Å². The van der Waals surface area contributed by atoms with E-state index in [9.17, 15) is 4.39 Å². The highest BCUT2D eigenvalue weighted by molar-refractivity contribution is 7.99. The second-order valence-electron chi connectivity index (χ2n) is 4.58. The van der Waals surface area contributed by atoms with E-state index in [1.807, 2.05) is 24.6 Å². The Morgan fingerprint density at radius 1 is 1.38 bits per heavy atom. The predicted molar refractivity (Wildman–Crippen MR) is 79.8 cm³/mol. The topological polar surface area (TPSA) is 52.0 Å². The highest BCUT2D eigenvalue weighted by Gasteiger charge is 2.13. The monoisotopic (exact) mass is 310 g/mol. The van der Waals surface area contributed by atoms with Crippen LogP contribution in [-0.4, -0.2) is 35.0 Å². The summed E-state index contributed by atoms with van der Waals surface area (Å²) < 4.78 is 20.9. The first-order valence-electron chi connectivity index (χ1n) is 6.64. The molecule has 7 heteroatoms. The van der Waals surface area contributed by atoms with Crippen LogP contribution in [0, 0.1) is 12.7 Å². The van der Waals surface area contributed by atoms with Gasteiger partial charge < -0.3 is 14.6 Å². The Morgan fingerprint density at radius 2 is 2.19 bits per heavy atom. The van der Waals surface area contributed by atoms with Gasteiger partial charge in [-0.3, -0.25) is 0 Å². The standard InChI is InChI=1S/C14H19FN4OS/c1-10-17-18-14(19(10)2)21-13-6-4-5-12(15)11(13)9-16-7-8-20-3/h4-6,16H,7-9H2,1-3H3. The lowest BCUT2D eigenvalue weighted by atomic mass is 10.2. The minimum absolute atomic E-state index is 0.219. The van der Waals surface area contributed by atoms with Gasteiger partial charge in [0.25, 0.3) is 0 Å². The Morgan fingerprint density at radius 3 is 2.86 bits per heavy atom. The Balaban J connectivity index is 2.15. The molecule has 0 amide bonds. The third kappa shape index (κ3) is 4.03. The van der Waals surface area contributed by atoms with Gasteiger partial charge in [-0.2, -0.15) is 0 Å². The molecule has 114 valence electrons. The highest BCUT2D eigenvalue weighted by Crippen LogP contribution is 2.30. The molecule has 0 saturated heterocycles. The number of nitrogens with zero attached hydrogens (tertiary/aromatic N) is 3. The number of benzene rings is 1. The van der Waals surface area contributed by atoms with Gasteiger partial charge in [-0.15, -0.1) is 10.2 Å². The number of aromatic nitrogens is 3. The Hall–Kier alpha value is -1.44. The summed E-state index contributed by atoms with van der Waals surface area (Å²) in [6.45, 7) is 3.61. The van der Waals surface area contributed by atoms with Crippen molar-refractivity contribution in [3.8, 4) is 0 Å². The third-order valence-electron chi connectivity index (χ3n) is 3.11. The average molecular weight is 310 g/mol. The zero-order valence-electron chi connectivity index (χ0n) is 12.4. The smallest absolute Gasteiger partial charge is 0.195 e. The van der Waals surface area contributed by atoms with E-state index in [1.54, 1.807) is 13.2 Å². The van der Waals surface area contributed by atoms with Crippen LogP contribution in [-0.2, 0) is 18.3 Å². The molecule has 0 radical (unpaired) electrons. The van der Waals surface area contributed by atoms with E-state index in [4.69, 9.17) is 4.74 Å². The molecule has 0 fully saturated rings. The minimum Gasteiger partial charge on any atom is -0.383 e. The SMILES string of the molecule is COCCNCc1c(F)cccc1Sc1nnc(C)n1C. The van der Waals surface area contributed by atoms with Crippen LogP contribution in [0.4, 0.5) is 4.39 Å². The summed E-state index contributed by atoms with van der Waals surface area (Å²) in [5, 5.41) is 12.0. The van der Waals surface area contributed by atoms with Gasteiger partial charge in [0.05, 0.1) is 6.61 Å². The molecule has 1 heterocycles. The molecule has 0 aliphatic rings. The number of hydrogen-bond donors (Lipinski definition) is 1. The van der Waals surface area contributed by atoms with Crippen molar-refractivity contribution in [2.24, 2.45) is 7.05 Å². The van der Waals surface area contributed by atoms with E-state index in [1.165, 1.54) is 17.8 Å². The lowest BCUT2D eigenvalue weighted by Crippen LogP contribution is -2.19. The molecule has 0 saturated carbocycles. The van der Waals surface area contributed by atoms with Crippen molar-refractivity contribution in [2.45, 2.75) is 23.5 Å². The Kier molecular flexibility index (Phi) is 5.72. The molecule has 0 unspecified atom stereocenters. The van der Waals surface area contributed by atoms with E-state index >= 15 is 0 Å². The summed E-state index contributed by atoms with van der Waals surface area (Å²) >= 11 is 1.42. The summed E-state index contributed by atoms with van der Waals surface area (Å²) in [4.78, 5) is 0.843. The van der Waals surface area contributed by atoms with Gasteiger partial charge in [0, 0.05) is 37.7 Å². The number of hydrogen-bond acceptors (Lipinski definition) is 5. The van der Waals surface area contributed by atoms with Crippen molar-refractivity contribution in [2.75, 3.05) is 20.3 Å². The van der Waals surface area contributed by atoms with E-state index in [-0.39, 0.29) is 5.82 Å². The molecule has 5 nitrogen and oxygen atoms in total. The second kappa shape index (κ2) is 7.53. The minimum atomic E-state index is -0.219. The number of aryl methyl sites for hydroxylation is 1. The first kappa shape index (κ1) is 15.9. The maximum Gasteiger partial charge on any atom is 0.195 e. The summed E-state index contributed by atoms with van der Waals surface area (Å²) in [6.07, 6.45) is 0. The summed E-state index contributed by atoms with van der Waals surface area (Å²) in [5.41, 5.74) is 0.638. The van der Waals surface area contributed by atoms with Gasteiger partial charge in [-0.25, -0.2) is 4.39 Å². The van der Waals surface area contributed by atoms with Crippen LogP contribution in [0.15, 0.2) is 28.3 Å². The zero-order valence-corrected chi connectivity index (χ0v) is 13.2. The van der Waals surface area contributed by atoms with Gasteiger partial charge in [0.15, 0.2) is 5.16 Å². The lowest BCUT2D eigenvalue weighted by molar-refractivity contribution is 0.199. The van der Waals surface area contributed by atoms with Crippen LogP contribution in [0.1, 0.15) is 11.4 Å². The van der Waals surface area contributed by atoms with Crippen LogP contribution in [0.25, 0.3) is 0 Å². The van der Waals surface area contributed by atoms with E-state index in [0.717, 1.165) is 15.9 Å². The van der Waals surface area contributed by atoms with E-state index in [0.29, 0.717) is 25.3 Å². The largest absolute Gasteiger partial charge is 0.383 e. The highest BCUT2D eigenvalue weighted by atomic mass is 32.2. The zero-order chi connectivity index (χ0) is 15.2. The normalized spacial score (nSPS) is 11.0. The third-order valence-corrected chi connectivity index (χ3v) is 4.25. The summed E-state index contributed by atoms with van der Waals surface area (Å²) in [5.74, 6) is 0.609. The first-order chi connectivity index (χ1) is 10.1. The Labute approximate surface area is 127 Å². The quantitative estimate of drug-likeness (QED) is 0.794. The van der Waals surface area contributed by atoms with E-state index < -0.39 is 0 Å². The van der Waals surface area contributed by atoms with Gasteiger partial charge in [-0.1, -0.05) is 6.07 Å². The second-order valence-corrected chi connectivity index (χ2v) is 5.59. The molecule has 2 aromatic rings. The Bertz CT molecular complexity index is 603. The van der Waals surface area contributed by atoms with Crippen LogP contribution in [0.5, 0.6) is 0 Å². The molecule has 0 spiro atoms. The number of nitrogens with one attached hydrogen (secondary N) is 1. The molecule has 2 rings (SSSR count). The summed E-state index contributed by atoms with van der Waals surface area (Å²) in [7, 11) is 3.54. The van der Waals surface area contributed by atoms with Crippen molar-refractivity contribution in [3.05, 3.63) is 35.4 Å². The van der Waals surface area contributed by atoms with Gasteiger partial charge in [0.2, 0.25) is 0 Å². The van der Waals surface area contributed by atoms with Crippen LogP contribution in [0.2, 0.25) is 0 Å². The van der Waals surface area contributed by atoms with Crippen molar-refractivity contribution < 1.29 is 9.13 Å². The van der Waals surface area contributed by atoms with Gasteiger partial charge in [0.1, 0.15) is 11.6 Å². The maximum atomic E-state index is 14.0. The molecular weight excluding hydrogens is 291 g/mol. The maximum absolute atomic E-state index is 14.0. The van der Waals surface area contributed by atoms with Crippen molar-refractivity contribution >= 4 is 11.8 Å². The molecule has 0 aliphatic carbocycles. The average Bonchev–Trinajstić information content (AvgIpc) is 2.78. The molecule has 0 atom stereocenters. The van der Waals surface area contributed by atoms with E-state index in [2.05, 4.69) is 15.5 Å². The first-order valence-corrected chi connectivity index (χ1v) is 7.46. The molecule has 0 bridgehead atoms. The van der Waals surface area contributed by atoms with Gasteiger partial charge >= 0.3 is 0 Å². The van der Waals surface area contributed by atoms with Gasteiger partial charge in [-0.05, 0) is 30.8 Å².